The SMILES string of the molecule is COCC(N)CN(C)c1nccc(OC)n1. The first kappa shape index (κ1) is 12.7. The van der Waals surface area contributed by atoms with Crippen LogP contribution in [0.2, 0.25) is 0 Å². The van der Waals surface area contributed by atoms with Crippen molar-refractivity contribution in [1.82, 2.24) is 9.97 Å². The summed E-state index contributed by atoms with van der Waals surface area (Å²) in [6, 6.07) is 1.64. The Hall–Kier alpha value is -1.40. The standard InChI is InChI=1S/C10H18N4O2/c1-14(6-8(11)7-15-2)10-12-5-4-9(13-10)16-3/h4-5,8H,6-7,11H2,1-3H3. The normalized spacial score (nSPS) is 12.2. The maximum Gasteiger partial charge on any atom is 0.228 e. The lowest BCUT2D eigenvalue weighted by atomic mass is 10.3. The highest BCUT2D eigenvalue weighted by atomic mass is 16.5. The molecule has 0 bridgehead atoms. The average Bonchev–Trinajstić information content (AvgIpc) is 2.29. The monoisotopic (exact) mass is 226 g/mol. The lowest BCUT2D eigenvalue weighted by Crippen LogP contribution is -2.39. The number of likely N-dealkylation sites (N-methyl/N-ethyl adjacent to an activating group) is 1. The summed E-state index contributed by atoms with van der Waals surface area (Å²) in [6.45, 7) is 1.13. The van der Waals surface area contributed by atoms with Crippen molar-refractivity contribution in [3.63, 3.8) is 0 Å². The fourth-order valence-electron chi connectivity index (χ4n) is 1.33. The van der Waals surface area contributed by atoms with Gasteiger partial charge in [-0.3, -0.25) is 0 Å². The first-order chi connectivity index (χ1) is 7.67. The molecule has 6 nitrogen and oxygen atoms in total. The molecular weight excluding hydrogens is 208 g/mol. The zero-order valence-electron chi connectivity index (χ0n) is 9.88. The quantitative estimate of drug-likeness (QED) is 0.730. The number of nitrogens with two attached hydrogens (primary N) is 1. The van der Waals surface area contributed by atoms with Gasteiger partial charge in [0.25, 0.3) is 0 Å². The number of hydrogen-bond donors (Lipinski definition) is 1. The van der Waals surface area contributed by atoms with E-state index in [-0.39, 0.29) is 6.04 Å². The van der Waals surface area contributed by atoms with Crippen molar-refractivity contribution >= 4 is 5.95 Å². The van der Waals surface area contributed by atoms with E-state index in [9.17, 15) is 0 Å². The predicted molar refractivity (Wildman–Crippen MR) is 61.7 cm³/mol. The van der Waals surface area contributed by atoms with Gasteiger partial charge in [-0.2, -0.15) is 4.98 Å². The van der Waals surface area contributed by atoms with Gasteiger partial charge < -0.3 is 20.1 Å². The maximum atomic E-state index is 5.84. The van der Waals surface area contributed by atoms with Gasteiger partial charge >= 0.3 is 0 Å². The molecule has 0 spiro atoms. The van der Waals surface area contributed by atoms with E-state index < -0.39 is 0 Å². The van der Waals surface area contributed by atoms with Crippen molar-refractivity contribution in [2.75, 3.05) is 39.3 Å². The zero-order chi connectivity index (χ0) is 12.0. The van der Waals surface area contributed by atoms with E-state index in [2.05, 4.69) is 9.97 Å². The molecule has 2 N–H and O–H groups in total. The minimum absolute atomic E-state index is 0.0650. The Morgan fingerprint density at radius 2 is 2.25 bits per heavy atom. The molecule has 0 aliphatic rings. The topological polar surface area (TPSA) is 73.5 Å². The Kier molecular flexibility index (Phi) is 4.94. The summed E-state index contributed by atoms with van der Waals surface area (Å²) >= 11 is 0. The van der Waals surface area contributed by atoms with Gasteiger partial charge in [-0.1, -0.05) is 0 Å². The lowest BCUT2D eigenvalue weighted by molar-refractivity contribution is 0.181. The molecule has 0 saturated carbocycles. The lowest BCUT2D eigenvalue weighted by Gasteiger charge is -2.20. The molecule has 1 rings (SSSR count). The molecule has 1 heterocycles. The molecule has 0 fully saturated rings. The smallest absolute Gasteiger partial charge is 0.228 e. The molecule has 0 saturated heterocycles. The van der Waals surface area contributed by atoms with Crippen molar-refractivity contribution in [3.05, 3.63) is 12.3 Å². The molecule has 1 aromatic heterocycles. The molecule has 0 aromatic carbocycles. The maximum absolute atomic E-state index is 5.84. The molecule has 1 atom stereocenters. The third-order valence-corrected chi connectivity index (χ3v) is 2.06. The van der Waals surface area contributed by atoms with Gasteiger partial charge in [-0.15, -0.1) is 0 Å². The van der Waals surface area contributed by atoms with Crippen LogP contribution >= 0.6 is 0 Å². The summed E-state index contributed by atoms with van der Waals surface area (Å²) in [7, 11) is 5.08. The van der Waals surface area contributed by atoms with Crippen LogP contribution in [0.25, 0.3) is 0 Å². The third kappa shape index (κ3) is 3.63. The van der Waals surface area contributed by atoms with E-state index in [0.29, 0.717) is 25.0 Å². The molecule has 1 unspecified atom stereocenters. The van der Waals surface area contributed by atoms with Crippen molar-refractivity contribution in [2.45, 2.75) is 6.04 Å². The second kappa shape index (κ2) is 6.24. The van der Waals surface area contributed by atoms with Crippen LogP contribution in [-0.4, -0.2) is 50.4 Å². The van der Waals surface area contributed by atoms with Crippen LogP contribution in [0.4, 0.5) is 5.95 Å². The fraction of sp³-hybridized carbons (Fsp3) is 0.600. The Bertz CT molecular complexity index is 321. The van der Waals surface area contributed by atoms with Gasteiger partial charge in [0.2, 0.25) is 11.8 Å². The van der Waals surface area contributed by atoms with Gasteiger partial charge in [0.1, 0.15) is 0 Å². The molecular formula is C10H18N4O2. The number of nitrogens with zero attached hydrogens (tertiary/aromatic N) is 3. The van der Waals surface area contributed by atoms with Crippen molar-refractivity contribution < 1.29 is 9.47 Å². The largest absolute Gasteiger partial charge is 0.481 e. The van der Waals surface area contributed by atoms with Gasteiger partial charge in [0.05, 0.1) is 13.7 Å². The highest BCUT2D eigenvalue weighted by Crippen LogP contribution is 2.10. The van der Waals surface area contributed by atoms with Gasteiger partial charge in [0.15, 0.2) is 0 Å². The Balaban J connectivity index is 2.61. The second-order valence-corrected chi connectivity index (χ2v) is 3.49. The number of aromatic nitrogens is 2. The third-order valence-electron chi connectivity index (χ3n) is 2.06. The van der Waals surface area contributed by atoms with Gasteiger partial charge in [0, 0.05) is 39.0 Å². The number of hydrogen-bond acceptors (Lipinski definition) is 6. The van der Waals surface area contributed by atoms with E-state index in [1.54, 1.807) is 26.5 Å². The molecule has 16 heavy (non-hydrogen) atoms. The van der Waals surface area contributed by atoms with Gasteiger partial charge in [-0.05, 0) is 0 Å². The second-order valence-electron chi connectivity index (χ2n) is 3.49. The Morgan fingerprint density at radius 3 is 2.88 bits per heavy atom. The Morgan fingerprint density at radius 1 is 1.50 bits per heavy atom. The number of ether oxygens (including phenoxy) is 2. The summed E-state index contributed by atoms with van der Waals surface area (Å²) in [4.78, 5) is 10.2. The van der Waals surface area contributed by atoms with Crippen LogP contribution < -0.4 is 15.4 Å². The van der Waals surface area contributed by atoms with E-state index in [1.165, 1.54) is 0 Å². The first-order valence-corrected chi connectivity index (χ1v) is 5.00. The highest BCUT2D eigenvalue weighted by molar-refractivity contribution is 5.30. The van der Waals surface area contributed by atoms with Crippen LogP contribution in [0.1, 0.15) is 0 Å². The van der Waals surface area contributed by atoms with E-state index in [1.807, 2.05) is 11.9 Å². The molecule has 0 radical (unpaired) electrons. The molecule has 0 aliphatic carbocycles. The molecule has 6 heteroatoms. The van der Waals surface area contributed by atoms with Crippen molar-refractivity contribution in [1.29, 1.82) is 0 Å². The number of rotatable bonds is 6. The molecule has 90 valence electrons. The average molecular weight is 226 g/mol. The highest BCUT2D eigenvalue weighted by Gasteiger charge is 2.10. The zero-order valence-corrected chi connectivity index (χ0v) is 9.88. The minimum atomic E-state index is -0.0650. The van der Waals surface area contributed by atoms with Crippen LogP contribution in [0, 0.1) is 0 Å². The van der Waals surface area contributed by atoms with Crippen LogP contribution in [0.5, 0.6) is 5.88 Å². The minimum Gasteiger partial charge on any atom is -0.481 e. The van der Waals surface area contributed by atoms with Gasteiger partial charge in [-0.25, -0.2) is 4.98 Å². The summed E-state index contributed by atoms with van der Waals surface area (Å²) in [5.74, 6) is 1.13. The summed E-state index contributed by atoms with van der Waals surface area (Å²) in [5.41, 5.74) is 5.84. The Labute approximate surface area is 95.4 Å². The number of methoxy groups -OCH3 is 2. The first-order valence-electron chi connectivity index (χ1n) is 5.00. The van der Waals surface area contributed by atoms with E-state index >= 15 is 0 Å². The van der Waals surface area contributed by atoms with Crippen LogP contribution in [-0.2, 0) is 4.74 Å². The van der Waals surface area contributed by atoms with Crippen molar-refractivity contribution in [2.24, 2.45) is 5.73 Å². The summed E-state index contributed by atoms with van der Waals surface area (Å²) in [5, 5.41) is 0. The summed E-state index contributed by atoms with van der Waals surface area (Å²) < 4.78 is 9.99. The summed E-state index contributed by atoms with van der Waals surface area (Å²) in [6.07, 6.45) is 1.65. The van der Waals surface area contributed by atoms with E-state index in [0.717, 1.165) is 0 Å². The fourth-order valence-corrected chi connectivity index (χ4v) is 1.33. The van der Waals surface area contributed by atoms with E-state index in [4.69, 9.17) is 15.2 Å². The van der Waals surface area contributed by atoms with Crippen LogP contribution in [0.3, 0.4) is 0 Å². The molecule has 1 aromatic rings. The van der Waals surface area contributed by atoms with Crippen molar-refractivity contribution in [3.8, 4) is 5.88 Å². The number of anilines is 1. The predicted octanol–water partition coefficient (Wildman–Crippen LogP) is -0.105. The van der Waals surface area contributed by atoms with Crippen LogP contribution in [0.15, 0.2) is 12.3 Å². The molecule has 0 aliphatic heterocycles. The molecule has 0 amide bonds.